The van der Waals surface area contributed by atoms with Crippen molar-refractivity contribution in [2.24, 2.45) is 5.73 Å². The largest absolute Gasteiger partial charge is 0.481 e. The van der Waals surface area contributed by atoms with E-state index in [9.17, 15) is 0 Å². The molecule has 0 aliphatic carbocycles. The molecule has 0 aromatic heterocycles. The van der Waals surface area contributed by atoms with E-state index >= 15 is 0 Å². The van der Waals surface area contributed by atoms with Gasteiger partial charge in [0.15, 0.2) is 5.56 Å². The predicted molar refractivity (Wildman–Crippen MR) is 57.0 cm³/mol. The molecule has 0 saturated carbocycles. The summed E-state index contributed by atoms with van der Waals surface area (Å²) < 4.78 is 10.4. The lowest BCUT2D eigenvalue weighted by Crippen LogP contribution is -2.26. The molecule has 13 heavy (non-hydrogen) atoms. The van der Waals surface area contributed by atoms with E-state index < -0.39 is 0 Å². The Morgan fingerprint density at radius 1 is 1.62 bits per heavy atom. The molecule has 1 unspecified atom stereocenters. The maximum Gasteiger partial charge on any atom is 0.208 e. The predicted octanol–water partition coefficient (Wildman–Crippen LogP) is 0.697. The first-order valence-electron chi connectivity index (χ1n) is 3.62. The second-order valence-electron chi connectivity index (χ2n) is 2.47. The number of ether oxygens (including phenoxy) is 2. The molecule has 1 heterocycles. The molecule has 1 rings (SSSR count). The molecule has 4 nitrogen and oxygen atoms in total. The Hall–Kier alpha value is -0.460. The van der Waals surface area contributed by atoms with Gasteiger partial charge in [-0.1, -0.05) is 24.0 Å². The Kier molecular flexibility index (Phi) is 3.40. The topological polar surface area (TPSA) is 47.7 Å². The highest BCUT2D eigenvalue weighted by molar-refractivity contribution is 8.05. The Bertz CT molecular complexity index is 255. The molecule has 0 amide bonds. The lowest BCUT2D eigenvalue weighted by Gasteiger charge is -2.20. The third-order valence-corrected chi connectivity index (χ3v) is 3.34. The van der Waals surface area contributed by atoms with Crippen LogP contribution in [0.25, 0.3) is 0 Å². The Balaban J connectivity index is 2.90. The van der Waals surface area contributed by atoms with Crippen molar-refractivity contribution in [2.75, 3.05) is 21.3 Å². The zero-order chi connectivity index (χ0) is 10.0. The van der Waals surface area contributed by atoms with Gasteiger partial charge < -0.3 is 20.1 Å². The number of rotatable bonds is 3. The Labute approximate surface area is 87.0 Å². The van der Waals surface area contributed by atoms with Crippen LogP contribution in [0.2, 0.25) is 0 Å². The van der Waals surface area contributed by atoms with E-state index in [1.165, 1.54) is 11.8 Å². The summed E-state index contributed by atoms with van der Waals surface area (Å²) in [6.07, 6.45) is 0. The second-order valence-corrected chi connectivity index (χ2v) is 3.96. The first-order valence-corrected chi connectivity index (χ1v) is 4.91. The Morgan fingerprint density at radius 3 is 2.54 bits per heavy atom. The molecular formula is C7H12N2O2S2. The number of thiocarbonyl (C=S) groups is 1. The van der Waals surface area contributed by atoms with E-state index in [1.807, 2.05) is 11.9 Å². The van der Waals surface area contributed by atoms with E-state index in [1.54, 1.807) is 14.2 Å². The molecule has 1 atom stereocenters. The van der Waals surface area contributed by atoms with Crippen LogP contribution in [0.3, 0.4) is 0 Å². The summed E-state index contributed by atoms with van der Waals surface area (Å²) in [5, 5.41) is 0. The van der Waals surface area contributed by atoms with Crippen LogP contribution in [0.4, 0.5) is 0 Å². The first kappa shape index (κ1) is 10.6. The smallest absolute Gasteiger partial charge is 0.208 e. The lowest BCUT2D eigenvalue weighted by molar-refractivity contribution is 0.0378. The van der Waals surface area contributed by atoms with E-state index in [4.69, 9.17) is 27.4 Å². The fraction of sp³-hybridized carbons (Fsp3) is 0.571. The molecular weight excluding hydrogens is 208 g/mol. The van der Waals surface area contributed by atoms with Crippen molar-refractivity contribution >= 4 is 29.0 Å². The van der Waals surface area contributed by atoms with E-state index in [2.05, 4.69) is 0 Å². The molecule has 0 aromatic rings. The standard InChI is InChI=1S/C7H12N2O2S2/c1-9-6(10-2)4(5(8)12)13-7(9)11-3/h7H,1-3H3,(H2,8,12). The zero-order valence-corrected chi connectivity index (χ0v) is 9.37. The van der Waals surface area contributed by atoms with Crippen molar-refractivity contribution in [3.8, 4) is 0 Å². The van der Waals surface area contributed by atoms with Crippen LogP contribution in [0.5, 0.6) is 0 Å². The fourth-order valence-electron chi connectivity index (χ4n) is 1.09. The van der Waals surface area contributed by atoms with Crippen molar-refractivity contribution < 1.29 is 9.47 Å². The normalized spacial score (nSPS) is 22.4. The van der Waals surface area contributed by atoms with Crippen molar-refractivity contribution in [1.82, 2.24) is 4.90 Å². The molecule has 0 fully saturated rings. The molecule has 1 aliphatic heterocycles. The highest BCUT2D eigenvalue weighted by Crippen LogP contribution is 2.37. The van der Waals surface area contributed by atoms with Crippen molar-refractivity contribution in [2.45, 2.75) is 5.56 Å². The lowest BCUT2D eigenvalue weighted by atomic mass is 10.5. The molecule has 2 N–H and O–H groups in total. The summed E-state index contributed by atoms with van der Waals surface area (Å²) >= 11 is 6.34. The minimum absolute atomic E-state index is 0.105. The molecule has 0 aromatic carbocycles. The van der Waals surface area contributed by atoms with Gasteiger partial charge in [-0.2, -0.15) is 0 Å². The van der Waals surface area contributed by atoms with Crippen LogP contribution < -0.4 is 5.73 Å². The molecule has 1 aliphatic rings. The minimum Gasteiger partial charge on any atom is -0.481 e. The number of methoxy groups -OCH3 is 2. The minimum atomic E-state index is -0.105. The van der Waals surface area contributed by atoms with Crippen LogP contribution in [-0.4, -0.2) is 36.7 Å². The summed E-state index contributed by atoms with van der Waals surface area (Å²) in [5.41, 5.74) is 5.43. The third-order valence-electron chi connectivity index (χ3n) is 1.67. The maximum atomic E-state index is 5.53. The fourth-order valence-corrected chi connectivity index (χ4v) is 2.32. The average Bonchev–Trinajstić information content (AvgIpc) is 2.42. The van der Waals surface area contributed by atoms with Gasteiger partial charge in [-0.15, -0.1) is 0 Å². The molecule has 74 valence electrons. The number of hydrogen-bond acceptors (Lipinski definition) is 5. The van der Waals surface area contributed by atoms with Crippen molar-refractivity contribution in [1.29, 1.82) is 0 Å². The highest BCUT2D eigenvalue weighted by Gasteiger charge is 2.32. The van der Waals surface area contributed by atoms with Gasteiger partial charge in [0.05, 0.1) is 7.11 Å². The SMILES string of the molecule is COC1=C(C(N)=S)SC(OC)N1C. The van der Waals surface area contributed by atoms with Gasteiger partial charge in [0.1, 0.15) is 9.89 Å². The highest BCUT2D eigenvalue weighted by atomic mass is 32.2. The van der Waals surface area contributed by atoms with Crippen LogP contribution in [0, 0.1) is 0 Å². The van der Waals surface area contributed by atoms with Crippen LogP contribution in [0.15, 0.2) is 10.8 Å². The molecule has 0 radical (unpaired) electrons. The average molecular weight is 220 g/mol. The molecule has 0 bridgehead atoms. The number of nitrogens with zero attached hydrogens (tertiary/aromatic N) is 1. The van der Waals surface area contributed by atoms with Crippen LogP contribution in [-0.2, 0) is 9.47 Å². The van der Waals surface area contributed by atoms with Gasteiger partial charge in [-0.05, 0) is 0 Å². The maximum absolute atomic E-state index is 5.53. The van der Waals surface area contributed by atoms with Gasteiger partial charge in [-0.3, -0.25) is 0 Å². The van der Waals surface area contributed by atoms with E-state index in [0.29, 0.717) is 10.9 Å². The van der Waals surface area contributed by atoms with Crippen LogP contribution in [0.1, 0.15) is 0 Å². The quantitative estimate of drug-likeness (QED) is 0.706. The third kappa shape index (κ3) is 1.90. The van der Waals surface area contributed by atoms with Crippen molar-refractivity contribution in [3.05, 3.63) is 10.8 Å². The summed E-state index contributed by atoms with van der Waals surface area (Å²) in [7, 11) is 5.08. The number of nitrogens with two attached hydrogens (primary N) is 1. The Morgan fingerprint density at radius 2 is 2.23 bits per heavy atom. The van der Waals surface area contributed by atoms with Crippen molar-refractivity contribution in [3.63, 3.8) is 0 Å². The summed E-state index contributed by atoms with van der Waals surface area (Å²) in [6, 6.07) is 0. The van der Waals surface area contributed by atoms with E-state index in [-0.39, 0.29) is 5.56 Å². The van der Waals surface area contributed by atoms with Gasteiger partial charge in [0.25, 0.3) is 0 Å². The summed E-state index contributed by atoms with van der Waals surface area (Å²) in [5.74, 6) is 0.671. The summed E-state index contributed by atoms with van der Waals surface area (Å²) in [4.78, 5) is 2.96. The van der Waals surface area contributed by atoms with Crippen LogP contribution >= 0.6 is 24.0 Å². The monoisotopic (exact) mass is 220 g/mol. The molecule has 0 saturated heterocycles. The van der Waals surface area contributed by atoms with Gasteiger partial charge in [0, 0.05) is 14.2 Å². The number of thioether (sulfide) groups is 1. The second kappa shape index (κ2) is 4.17. The van der Waals surface area contributed by atoms with Gasteiger partial charge >= 0.3 is 0 Å². The zero-order valence-electron chi connectivity index (χ0n) is 7.73. The summed E-state index contributed by atoms with van der Waals surface area (Å²) in [6.45, 7) is 0. The molecule has 6 heteroatoms. The first-order chi connectivity index (χ1) is 6.11. The number of hydrogen-bond donors (Lipinski definition) is 1. The van der Waals surface area contributed by atoms with E-state index in [0.717, 1.165) is 4.91 Å². The van der Waals surface area contributed by atoms with Gasteiger partial charge in [0.2, 0.25) is 5.88 Å². The van der Waals surface area contributed by atoms with Gasteiger partial charge in [-0.25, -0.2) is 0 Å². The molecule has 0 spiro atoms.